The summed E-state index contributed by atoms with van der Waals surface area (Å²) in [5, 5.41) is 24.8. The Kier molecular flexibility index (Phi) is 4.38. The van der Waals surface area contributed by atoms with Gasteiger partial charge >= 0.3 is 5.97 Å². The molecule has 0 fully saturated rings. The predicted molar refractivity (Wildman–Crippen MR) is 93.7 cm³/mol. The molecule has 27 heavy (non-hydrogen) atoms. The molecule has 0 aliphatic rings. The first-order valence-corrected chi connectivity index (χ1v) is 7.60. The molecule has 1 heterocycles. The van der Waals surface area contributed by atoms with Crippen molar-refractivity contribution >= 4 is 28.3 Å². The first-order chi connectivity index (χ1) is 12.8. The van der Waals surface area contributed by atoms with E-state index < -0.39 is 28.0 Å². The van der Waals surface area contributed by atoms with Gasteiger partial charge in [0.15, 0.2) is 5.69 Å². The van der Waals surface area contributed by atoms with Crippen molar-refractivity contribution in [1.82, 2.24) is 9.78 Å². The van der Waals surface area contributed by atoms with E-state index in [4.69, 9.17) is 5.73 Å². The molecule has 0 unspecified atom stereocenters. The van der Waals surface area contributed by atoms with E-state index in [0.717, 1.165) is 10.7 Å². The Morgan fingerprint density at radius 3 is 2.44 bits per heavy atom. The molecule has 2 aromatic carbocycles. The molecule has 0 aliphatic heterocycles. The topological polar surface area (TPSA) is 158 Å². The number of aromatic nitrogens is 2. The maximum atomic E-state index is 12.6. The average Bonchev–Trinajstić information content (AvgIpc) is 2.63. The van der Waals surface area contributed by atoms with Crippen LogP contribution in [0, 0.1) is 10.1 Å². The van der Waals surface area contributed by atoms with Crippen LogP contribution in [0.15, 0.2) is 47.3 Å². The Balaban J connectivity index is 2.19. The van der Waals surface area contributed by atoms with Gasteiger partial charge in [0, 0.05) is 17.0 Å². The van der Waals surface area contributed by atoms with E-state index >= 15 is 0 Å². The fourth-order valence-corrected chi connectivity index (χ4v) is 2.68. The molecule has 136 valence electrons. The molecule has 0 spiro atoms. The van der Waals surface area contributed by atoms with Crippen molar-refractivity contribution in [3.63, 3.8) is 0 Å². The van der Waals surface area contributed by atoms with Gasteiger partial charge in [-0.25, -0.2) is 9.48 Å². The highest BCUT2D eigenvalue weighted by Crippen LogP contribution is 2.21. The van der Waals surface area contributed by atoms with E-state index in [1.807, 2.05) is 0 Å². The number of carbonyl (C=O) groups excluding carboxylic acids is 1. The molecule has 0 atom stereocenters. The number of hydrogen-bond acceptors (Lipinski definition) is 6. The van der Waals surface area contributed by atoms with Crippen molar-refractivity contribution in [3.05, 3.63) is 79.8 Å². The van der Waals surface area contributed by atoms with E-state index in [9.17, 15) is 29.6 Å². The van der Waals surface area contributed by atoms with E-state index in [1.54, 1.807) is 12.1 Å². The molecular weight excluding hydrogens is 356 g/mol. The van der Waals surface area contributed by atoms with Crippen molar-refractivity contribution in [2.45, 2.75) is 6.54 Å². The summed E-state index contributed by atoms with van der Waals surface area (Å²) in [6, 6.07) is 9.63. The number of nitro groups is 1. The van der Waals surface area contributed by atoms with E-state index in [0.29, 0.717) is 0 Å². The van der Waals surface area contributed by atoms with Gasteiger partial charge in [-0.05, 0) is 18.2 Å². The summed E-state index contributed by atoms with van der Waals surface area (Å²) in [5.41, 5.74) is 3.78. The normalized spacial score (nSPS) is 10.7. The Morgan fingerprint density at radius 2 is 1.85 bits per heavy atom. The van der Waals surface area contributed by atoms with E-state index in [1.165, 1.54) is 24.3 Å². The van der Waals surface area contributed by atoms with Crippen LogP contribution < -0.4 is 11.3 Å². The molecule has 0 bridgehead atoms. The molecule has 3 N–H and O–H groups in total. The second-order valence-electron chi connectivity index (χ2n) is 5.63. The lowest BCUT2D eigenvalue weighted by atomic mass is 10.1. The van der Waals surface area contributed by atoms with Gasteiger partial charge in [-0.3, -0.25) is 19.7 Å². The van der Waals surface area contributed by atoms with Gasteiger partial charge < -0.3 is 10.8 Å². The summed E-state index contributed by atoms with van der Waals surface area (Å²) in [4.78, 5) is 45.9. The number of primary amides is 1. The number of carbonyl (C=O) groups is 2. The summed E-state index contributed by atoms with van der Waals surface area (Å²) in [7, 11) is 0. The number of hydrogen-bond donors (Lipinski definition) is 2. The molecule has 1 aromatic heterocycles. The van der Waals surface area contributed by atoms with Crippen molar-refractivity contribution < 1.29 is 19.6 Å². The second kappa shape index (κ2) is 6.67. The van der Waals surface area contributed by atoms with Gasteiger partial charge in [-0.2, -0.15) is 5.10 Å². The molecule has 10 nitrogen and oxygen atoms in total. The summed E-state index contributed by atoms with van der Waals surface area (Å²) in [5.74, 6) is -2.17. The molecule has 0 saturated heterocycles. The number of benzene rings is 2. The van der Waals surface area contributed by atoms with Crippen LogP contribution in [-0.2, 0) is 6.54 Å². The number of carboxylic acid groups (broad SMARTS) is 1. The Bertz CT molecular complexity index is 1170. The molecule has 1 amide bonds. The first kappa shape index (κ1) is 17.7. The number of aromatic carboxylic acids is 1. The first-order valence-electron chi connectivity index (χ1n) is 7.60. The van der Waals surface area contributed by atoms with E-state index in [-0.39, 0.29) is 34.1 Å². The minimum atomic E-state index is -1.33. The van der Waals surface area contributed by atoms with Crippen LogP contribution >= 0.6 is 0 Å². The zero-order valence-electron chi connectivity index (χ0n) is 13.7. The number of rotatable bonds is 5. The summed E-state index contributed by atoms with van der Waals surface area (Å²) >= 11 is 0. The van der Waals surface area contributed by atoms with Gasteiger partial charge in [0.05, 0.1) is 22.4 Å². The quantitative estimate of drug-likeness (QED) is 0.505. The van der Waals surface area contributed by atoms with Crippen LogP contribution in [0.4, 0.5) is 5.69 Å². The number of nitro benzene ring substituents is 1. The SMILES string of the molecule is NC(=O)c1ccc(Cn2nc(C(=O)O)c3ccccc3c2=O)c([N+](=O)[O-])c1. The van der Waals surface area contributed by atoms with Crippen LogP contribution in [0.5, 0.6) is 0 Å². The van der Waals surface area contributed by atoms with Gasteiger partial charge in [0.2, 0.25) is 5.91 Å². The monoisotopic (exact) mass is 368 g/mol. The Labute approximate surface area is 150 Å². The van der Waals surface area contributed by atoms with Gasteiger partial charge in [0.25, 0.3) is 11.2 Å². The zero-order valence-corrected chi connectivity index (χ0v) is 13.7. The minimum absolute atomic E-state index is 0.0597. The third-order valence-corrected chi connectivity index (χ3v) is 3.96. The number of amides is 1. The molecular formula is C17H12N4O6. The highest BCUT2D eigenvalue weighted by atomic mass is 16.6. The van der Waals surface area contributed by atoms with Crippen molar-refractivity contribution in [1.29, 1.82) is 0 Å². The fourth-order valence-electron chi connectivity index (χ4n) is 2.68. The third kappa shape index (κ3) is 3.23. The van der Waals surface area contributed by atoms with Crippen molar-refractivity contribution in [3.8, 4) is 0 Å². The Hall–Kier alpha value is -4.08. The Morgan fingerprint density at radius 1 is 1.19 bits per heavy atom. The summed E-state index contributed by atoms with van der Waals surface area (Å²) in [6.07, 6.45) is 0. The second-order valence-corrected chi connectivity index (χ2v) is 5.63. The van der Waals surface area contributed by atoms with Crippen LogP contribution in [0.1, 0.15) is 26.4 Å². The third-order valence-electron chi connectivity index (χ3n) is 3.96. The van der Waals surface area contributed by atoms with Crippen LogP contribution in [-0.4, -0.2) is 31.7 Å². The average molecular weight is 368 g/mol. The lowest BCUT2D eigenvalue weighted by Crippen LogP contribution is -2.27. The van der Waals surface area contributed by atoms with Crippen molar-refractivity contribution in [2.24, 2.45) is 5.73 Å². The molecule has 0 aliphatic carbocycles. The number of nitrogens with zero attached hydrogens (tertiary/aromatic N) is 3. The molecule has 0 saturated carbocycles. The summed E-state index contributed by atoms with van der Waals surface area (Å²) < 4.78 is 0.845. The number of fused-ring (bicyclic) bond motifs is 1. The zero-order chi connectivity index (χ0) is 19.7. The highest BCUT2D eigenvalue weighted by Gasteiger charge is 2.20. The lowest BCUT2D eigenvalue weighted by Gasteiger charge is -2.10. The molecule has 10 heteroatoms. The van der Waals surface area contributed by atoms with Crippen LogP contribution in [0.25, 0.3) is 10.8 Å². The maximum Gasteiger partial charge on any atom is 0.357 e. The summed E-state index contributed by atoms with van der Waals surface area (Å²) in [6.45, 7) is -0.348. The van der Waals surface area contributed by atoms with Gasteiger partial charge in [-0.1, -0.05) is 18.2 Å². The molecule has 3 rings (SSSR count). The molecule has 3 aromatic rings. The van der Waals surface area contributed by atoms with Crippen molar-refractivity contribution in [2.75, 3.05) is 0 Å². The van der Waals surface area contributed by atoms with Gasteiger partial charge in [-0.15, -0.1) is 0 Å². The predicted octanol–water partition coefficient (Wildman–Crippen LogP) is 1.15. The largest absolute Gasteiger partial charge is 0.476 e. The highest BCUT2D eigenvalue weighted by molar-refractivity contribution is 6.01. The smallest absolute Gasteiger partial charge is 0.357 e. The van der Waals surface area contributed by atoms with E-state index in [2.05, 4.69) is 5.10 Å². The van der Waals surface area contributed by atoms with Gasteiger partial charge in [0.1, 0.15) is 0 Å². The maximum absolute atomic E-state index is 12.6. The number of carboxylic acids is 1. The lowest BCUT2D eigenvalue weighted by molar-refractivity contribution is -0.385. The fraction of sp³-hybridized carbons (Fsp3) is 0.0588. The minimum Gasteiger partial charge on any atom is -0.476 e. The van der Waals surface area contributed by atoms with Crippen LogP contribution in [0.2, 0.25) is 0 Å². The van der Waals surface area contributed by atoms with Crippen LogP contribution in [0.3, 0.4) is 0 Å². The molecule has 0 radical (unpaired) electrons. The standard InChI is InChI=1S/C17H12N4O6/c18-15(22)9-5-6-10(13(7-9)21(26)27)8-20-16(23)12-4-2-1-3-11(12)14(19-20)17(24)25/h1-7H,8H2,(H2,18,22)(H,24,25). The number of nitrogens with two attached hydrogens (primary N) is 1.